The van der Waals surface area contributed by atoms with Gasteiger partial charge in [0, 0.05) is 11.4 Å². The first-order valence-corrected chi connectivity index (χ1v) is 6.03. The lowest BCUT2D eigenvalue weighted by atomic mass is 10.3. The lowest BCUT2D eigenvalue weighted by Crippen LogP contribution is -2.25. The Hall–Kier alpha value is -1.52. The van der Waals surface area contributed by atoms with Crippen molar-refractivity contribution in [2.45, 2.75) is 13.8 Å². The van der Waals surface area contributed by atoms with Crippen molar-refractivity contribution < 1.29 is 4.79 Å². The van der Waals surface area contributed by atoms with Crippen LogP contribution in [-0.2, 0) is 0 Å². The second kappa shape index (κ2) is 5.00. The number of halogens is 2. The summed E-state index contributed by atoms with van der Waals surface area (Å²) in [5.41, 5.74) is 4.89. The number of hydrogen-bond acceptors (Lipinski definition) is 2. The Bertz CT molecular complexity index is 588. The van der Waals surface area contributed by atoms with Crippen molar-refractivity contribution in [2.24, 2.45) is 0 Å². The van der Waals surface area contributed by atoms with Gasteiger partial charge in [0.2, 0.25) is 0 Å². The Labute approximate surface area is 115 Å². The summed E-state index contributed by atoms with van der Waals surface area (Å²) in [4.78, 5) is 15.9. The first kappa shape index (κ1) is 12.9. The van der Waals surface area contributed by atoms with Crippen molar-refractivity contribution in [2.75, 3.05) is 5.43 Å². The summed E-state index contributed by atoms with van der Waals surface area (Å²) >= 11 is 11.6. The van der Waals surface area contributed by atoms with Crippen molar-refractivity contribution in [1.29, 1.82) is 0 Å². The monoisotopic (exact) mass is 283 g/mol. The van der Waals surface area contributed by atoms with Crippen LogP contribution in [0.25, 0.3) is 0 Å². The standard InChI is InChI=1S/C12H11Cl2N3O/c1-7-3-4-8(2)17(7)16-12(18)9-5-6-10(13)15-11(9)14/h3-6H,1-2H3,(H,16,18). The van der Waals surface area contributed by atoms with Gasteiger partial charge < -0.3 is 0 Å². The molecule has 4 nitrogen and oxygen atoms in total. The molecule has 0 fully saturated rings. The molecule has 1 amide bonds. The minimum atomic E-state index is -0.327. The second-order valence-electron chi connectivity index (χ2n) is 3.86. The highest BCUT2D eigenvalue weighted by molar-refractivity contribution is 6.34. The Morgan fingerprint density at radius 3 is 2.33 bits per heavy atom. The Morgan fingerprint density at radius 1 is 1.17 bits per heavy atom. The normalized spacial score (nSPS) is 10.4. The summed E-state index contributed by atoms with van der Waals surface area (Å²) in [5, 5.41) is 0.340. The quantitative estimate of drug-likeness (QED) is 0.861. The third kappa shape index (κ3) is 2.49. The van der Waals surface area contributed by atoms with Gasteiger partial charge in [-0.3, -0.25) is 14.9 Å². The van der Waals surface area contributed by atoms with Gasteiger partial charge >= 0.3 is 0 Å². The molecule has 0 atom stereocenters. The fourth-order valence-corrected chi connectivity index (χ4v) is 2.02. The first-order chi connectivity index (χ1) is 8.49. The van der Waals surface area contributed by atoms with E-state index in [4.69, 9.17) is 23.2 Å². The van der Waals surface area contributed by atoms with Gasteiger partial charge in [-0.25, -0.2) is 4.98 Å². The van der Waals surface area contributed by atoms with Gasteiger partial charge in [-0.1, -0.05) is 23.2 Å². The van der Waals surface area contributed by atoms with Crippen LogP contribution < -0.4 is 5.43 Å². The number of nitrogens with zero attached hydrogens (tertiary/aromatic N) is 2. The molecular weight excluding hydrogens is 273 g/mol. The molecule has 94 valence electrons. The zero-order chi connectivity index (χ0) is 13.3. The maximum atomic E-state index is 12.0. The lowest BCUT2D eigenvalue weighted by Gasteiger charge is -2.11. The second-order valence-corrected chi connectivity index (χ2v) is 4.61. The summed E-state index contributed by atoms with van der Waals surface area (Å²) in [6, 6.07) is 6.90. The maximum absolute atomic E-state index is 12.0. The van der Waals surface area contributed by atoms with Gasteiger partial charge in [0.05, 0.1) is 5.56 Å². The minimum Gasteiger partial charge on any atom is -0.267 e. The fourth-order valence-electron chi connectivity index (χ4n) is 1.59. The topological polar surface area (TPSA) is 46.9 Å². The van der Waals surface area contributed by atoms with Crippen molar-refractivity contribution in [3.05, 3.63) is 51.5 Å². The smallest absolute Gasteiger partial charge is 0.267 e. The molecule has 0 saturated carbocycles. The van der Waals surface area contributed by atoms with Gasteiger partial charge in [-0.2, -0.15) is 0 Å². The number of carbonyl (C=O) groups is 1. The van der Waals surface area contributed by atoms with E-state index in [0.717, 1.165) is 11.4 Å². The molecule has 0 unspecified atom stereocenters. The lowest BCUT2D eigenvalue weighted by molar-refractivity contribution is 0.101. The number of rotatable bonds is 2. The molecule has 2 heterocycles. The number of pyridine rings is 1. The summed E-state index contributed by atoms with van der Waals surface area (Å²) in [7, 11) is 0. The average molecular weight is 284 g/mol. The summed E-state index contributed by atoms with van der Waals surface area (Å²) in [6.07, 6.45) is 0. The Balaban J connectivity index is 2.28. The van der Waals surface area contributed by atoms with Crippen molar-refractivity contribution in [3.8, 4) is 0 Å². The van der Waals surface area contributed by atoms with Gasteiger partial charge in [0.25, 0.3) is 5.91 Å². The molecule has 0 aliphatic rings. The van der Waals surface area contributed by atoms with Gasteiger partial charge in [0.15, 0.2) is 0 Å². The molecule has 0 aliphatic carbocycles. The van der Waals surface area contributed by atoms with Gasteiger partial charge in [0.1, 0.15) is 10.3 Å². The van der Waals surface area contributed by atoms with E-state index in [9.17, 15) is 4.79 Å². The Morgan fingerprint density at radius 2 is 1.78 bits per heavy atom. The zero-order valence-electron chi connectivity index (χ0n) is 9.87. The van der Waals surface area contributed by atoms with Crippen LogP contribution in [0.1, 0.15) is 21.7 Å². The van der Waals surface area contributed by atoms with Crippen LogP contribution in [0.15, 0.2) is 24.3 Å². The van der Waals surface area contributed by atoms with E-state index in [1.165, 1.54) is 6.07 Å². The third-order valence-corrected chi connectivity index (χ3v) is 3.04. The molecule has 0 radical (unpaired) electrons. The van der Waals surface area contributed by atoms with E-state index in [1.807, 2.05) is 26.0 Å². The molecule has 18 heavy (non-hydrogen) atoms. The van der Waals surface area contributed by atoms with Crippen LogP contribution in [0.4, 0.5) is 0 Å². The highest BCUT2D eigenvalue weighted by Gasteiger charge is 2.13. The van der Waals surface area contributed by atoms with Crippen LogP contribution in [0, 0.1) is 13.8 Å². The molecule has 0 aliphatic heterocycles. The van der Waals surface area contributed by atoms with E-state index >= 15 is 0 Å². The maximum Gasteiger partial charge on any atom is 0.273 e. The molecule has 2 rings (SSSR count). The van der Waals surface area contributed by atoms with Crippen LogP contribution >= 0.6 is 23.2 Å². The molecule has 0 spiro atoms. The number of aromatic nitrogens is 2. The van der Waals surface area contributed by atoms with Crippen LogP contribution in [0.2, 0.25) is 10.3 Å². The average Bonchev–Trinajstić information content (AvgIpc) is 2.60. The third-order valence-electron chi connectivity index (χ3n) is 2.54. The van der Waals surface area contributed by atoms with Gasteiger partial charge in [-0.05, 0) is 38.1 Å². The molecule has 0 aromatic carbocycles. The number of nitrogens with one attached hydrogen (secondary N) is 1. The molecule has 6 heteroatoms. The van der Waals surface area contributed by atoms with Crippen molar-refractivity contribution >= 4 is 29.1 Å². The summed E-state index contributed by atoms with van der Waals surface area (Å²) in [6.45, 7) is 3.80. The van der Waals surface area contributed by atoms with Crippen LogP contribution in [-0.4, -0.2) is 15.6 Å². The van der Waals surface area contributed by atoms with Crippen LogP contribution in [0.3, 0.4) is 0 Å². The number of hydrogen-bond donors (Lipinski definition) is 1. The molecule has 1 N–H and O–H groups in total. The number of amides is 1. The van der Waals surface area contributed by atoms with E-state index in [-0.39, 0.29) is 21.8 Å². The predicted molar refractivity (Wildman–Crippen MR) is 71.9 cm³/mol. The van der Waals surface area contributed by atoms with Gasteiger partial charge in [-0.15, -0.1) is 0 Å². The number of aryl methyl sites for hydroxylation is 2. The minimum absolute atomic E-state index is 0.0856. The first-order valence-electron chi connectivity index (χ1n) is 5.27. The highest BCUT2D eigenvalue weighted by Crippen LogP contribution is 2.17. The fraction of sp³-hybridized carbons (Fsp3) is 0.167. The van der Waals surface area contributed by atoms with Crippen molar-refractivity contribution in [1.82, 2.24) is 9.66 Å². The zero-order valence-corrected chi connectivity index (χ0v) is 11.4. The molecule has 0 saturated heterocycles. The Kier molecular flexibility index (Phi) is 3.59. The molecular formula is C12H11Cl2N3O. The number of carbonyl (C=O) groups excluding carboxylic acids is 1. The van der Waals surface area contributed by atoms with E-state index in [2.05, 4.69) is 10.4 Å². The summed E-state index contributed by atoms with van der Waals surface area (Å²) in [5.74, 6) is -0.327. The molecule has 2 aromatic heterocycles. The van der Waals surface area contributed by atoms with Crippen molar-refractivity contribution in [3.63, 3.8) is 0 Å². The van der Waals surface area contributed by atoms with E-state index < -0.39 is 0 Å². The molecule has 2 aromatic rings. The van der Waals surface area contributed by atoms with E-state index in [0.29, 0.717) is 0 Å². The predicted octanol–water partition coefficient (Wildman–Crippen LogP) is 3.19. The summed E-state index contributed by atoms with van der Waals surface area (Å²) < 4.78 is 1.69. The van der Waals surface area contributed by atoms with E-state index in [1.54, 1.807) is 10.7 Å². The SMILES string of the molecule is Cc1ccc(C)n1NC(=O)c1ccc(Cl)nc1Cl. The molecule has 0 bridgehead atoms. The largest absolute Gasteiger partial charge is 0.273 e. The highest BCUT2D eigenvalue weighted by atomic mass is 35.5. The van der Waals surface area contributed by atoms with Crippen LogP contribution in [0.5, 0.6) is 0 Å².